The number of benzene rings is 2. The van der Waals surface area contributed by atoms with Crippen LogP contribution in [0, 0.1) is 5.92 Å². The monoisotopic (exact) mass is 354 g/mol. The highest BCUT2D eigenvalue weighted by atomic mass is 15.5. The predicted octanol–water partition coefficient (Wildman–Crippen LogP) is 5.40. The van der Waals surface area contributed by atoms with E-state index in [1.165, 1.54) is 11.3 Å². The molecule has 0 N–H and O–H groups in total. The minimum atomic E-state index is 0.143. The van der Waals surface area contributed by atoms with E-state index in [2.05, 4.69) is 77.9 Å². The van der Waals surface area contributed by atoms with Crippen LogP contribution in [0.2, 0.25) is 0 Å². The van der Waals surface area contributed by atoms with E-state index >= 15 is 0 Å². The van der Waals surface area contributed by atoms with Crippen molar-refractivity contribution in [2.75, 3.05) is 9.80 Å². The molecule has 4 heteroatoms. The van der Waals surface area contributed by atoms with Gasteiger partial charge in [-0.2, -0.15) is 0 Å². The molecule has 0 spiro atoms. The molecule has 2 aromatic carbocycles. The lowest BCUT2D eigenvalue weighted by Gasteiger charge is -2.45. The first-order chi connectivity index (χ1) is 13.3. The SMILES string of the molecule is C=CCC1c2ccccc2N2c3nccnc3N(c3ccccc3)C2C1C. The molecule has 0 radical (unpaired) electrons. The van der Waals surface area contributed by atoms with Crippen molar-refractivity contribution in [2.45, 2.75) is 25.4 Å². The minimum Gasteiger partial charge on any atom is -0.302 e. The average molecular weight is 354 g/mol. The summed E-state index contributed by atoms with van der Waals surface area (Å²) in [6, 6.07) is 19.2. The van der Waals surface area contributed by atoms with Crippen LogP contribution in [0.1, 0.15) is 24.8 Å². The molecule has 0 saturated heterocycles. The second-order valence-electron chi connectivity index (χ2n) is 7.24. The summed E-state index contributed by atoms with van der Waals surface area (Å²) in [5, 5.41) is 0. The highest BCUT2D eigenvalue weighted by Crippen LogP contribution is 2.54. The van der Waals surface area contributed by atoms with E-state index in [9.17, 15) is 0 Å². The van der Waals surface area contributed by atoms with Crippen LogP contribution in [0.25, 0.3) is 0 Å². The maximum atomic E-state index is 4.73. The van der Waals surface area contributed by atoms with Crippen molar-refractivity contribution >= 4 is 23.0 Å². The molecule has 0 saturated carbocycles. The largest absolute Gasteiger partial charge is 0.302 e. The molecular formula is C23H22N4. The molecular weight excluding hydrogens is 332 g/mol. The first-order valence-corrected chi connectivity index (χ1v) is 9.45. The summed E-state index contributed by atoms with van der Waals surface area (Å²) in [7, 11) is 0. The Morgan fingerprint density at radius 1 is 0.926 bits per heavy atom. The number of hydrogen-bond acceptors (Lipinski definition) is 4. The second kappa shape index (κ2) is 6.23. The third-order valence-corrected chi connectivity index (χ3v) is 5.80. The lowest BCUT2D eigenvalue weighted by molar-refractivity contribution is 0.368. The lowest BCUT2D eigenvalue weighted by atomic mass is 9.78. The maximum Gasteiger partial charge on any atom is 0.178 e. The van der Waals surface area contributed by atoms with E-state index in [-0.39, 0.29) is 6.17 Å². The molecule has 3 atom stereocenters. The molecule has 0 aliphatic carbocycles. The summed E-state index contributed by atoms with van der Waals surface area (Å²) in [6.07, 6.45) is 6.71. The lowest BCUT2D eigenvalue weighted by Crippen LogP contribution is -2.48. The van der Waals surface area contributed by atoms with Crippen LogP contribution in [-0.2, 0) is 0 Å². The van der Waals surface area contributed by atoms with Crippen molar-refractivity contribution in [1.29, 1.82) is 0 Å². The van der Waals surface area contributed by atoms with Crippen molar-refractivity contribution in [3.63, 3.8) is 0 Å². The highest BCUT2D eigenvalue weighted by molar-refractivity contribution is 5.85. The number of aromatic nitrogens is 2. The zero-order valence-corrected chi connectivity index (χ0v) is 15.4. The molecule has 134 valence electrons. The van der Waals surface area contributed by atoms with Crippen molar-refractivity contribution in [1.82, 2.24) is 9.97 Å². The van der Waals surface area contributed by atoms with Gasteiger partial charge in [0.2, 0.25) is 0 Å². The molecule has 2 aliphatic rings. The van der Waals surface area contributed by atoms with Crippen LogP contribution >= 0.6 is 0 Å². The molecule has 5 rings (SSSR count). The van der Waals surface area contributed by atoms with Crippen molar-refractivity contribution in [3.05, 3.63) is 85.2 Å². The van der Waals surface area contributed by atoms with Gasteiger partial charge in [-0.3, -0.25) is 0 Å². The molecule has 0 amide bonds. The number of fused-ring (bicyclic) bond motifs is 5. The molecule has 0 fully saturated rings. The van der Waals surface area contributed by atoms with Crippen LogP contribution in [0.3, 0.4) is 0 Å². The molecule has 4 nitrogen and oxygen atoms in total. The van der Waals surface area contributed by atoms with Gasteiger partial charge in [-0.05, 0) is 36.1 Å². The van der Waals surface area contributed by atoms with Gasteiger partial charge in [0.1, 0.15) is 6.17 Å². The van der Waals surface area contributed by atoms with E-state index < -0.39 is 0 Å². The van der Waals surface area contributed by atoms with Crippen LogP contribution in [0.5, 0.6) is 0 Å². The molecule has 27 heavy (non-hydrogen) atoms. The summed E-state index contributed by atoms with van der Waals surface area (Å²) in [4.78, 5) is 14.2. The number of allylic oxidation sites excluding steroid dienone is 1. The van der Waals surface area contributed by atoms with Gasteiger partial charge in [-0.25, -0.2) is 9.97 Å². The summed E-state index contributed by atoms with van der Waals surface area (Å²) >= 11 is 0. The zero-order chi connectivity index (χ0) is 18.4. The maximum absolute atomic E-state index is 4.73. The Morgan fingerprint density at radius 2 is 1.59 bits per heavy atom. The van der Waals surface area contributed by atoms with Crippen LogP contribution in [0.4, 0.5) is 23.0 Å². The Bertz CT molecular complexity index is 984. The first-order valence-electron chi connectivity index (χ1n) is 9.45. The van der Waals surface area contributed by atoms with E-state index in [1.807, 2.05) is 6.08 Å². The normalized spacial score (nSPS) is 22.8. The zero-order valence-electron chi connectivity index (χ0n) is 15.4. The fourth-order valence-electron chi connectivity index (χ4n) is 4.65. The summed E-state index contributed by atoms with van der Waals surface area (Å²) in [6.45, 7) is 6.35. The topological polar surface area (TPSA) is 32.3 Å². The third-order valence-electron chi connectivity index (χ3n) is 5.80. The average Bonchev–Trinajstić information content (AvgIpc) is 3.07. The fourth-order valence-corrected chi connectivity index (χ4v) is 4.65. The highest BCUT2D eigenvalue weighted by Gasteiger charge is 2.49. The number of nitrogens with zero attached hydrogens (tertiary/aromatic N) is 4. The molecule has 3 unspecified atom stereocenters. The number of anilines is 4. The van der Waals surface area contributed by atoms with Crippen molar-refractivity contribution in [3.8, 4) is 0 Å². The van der Waals surface area contributed by atoms with Gasteiger partial charge in [-0.15, -0.1) is 6.58 Å². The summed E-state index contributed by atoms with van der Waals surface area (Å²) in [5.74, 6) is 2.66. The summed E-state index contributed by atoms with van der Waals surface area (Å²) in [5.41, 5.74) is 3.75. The molecule has 1 aromatic heterocycles. The smallest absolute Gasteiger partial charge is 0.178 e. The van der Waals surface area contributed by atoms with Crippen LogP contribution < -0.4 is 9.80 Å². The second-order valence-corrected chi connectivity index (χ2v) is 7.24. The van der Waals surface area contributed by atoms with E-state index in [0.717, 1.165) is 23.7 Å². The quantitative estimate of drug-likeness (QED) is 0.589. The fraction of sp³-hybridized carbons (Fsp3) is 0.217. The van der Waals surface area contributed by atoms with Gasteiger partial charge >= 0.3 is 0 Å². The van der Waals surface area contributed by atoms with Crippen LogP contribution in [-0.4, -0.2) is 16.1 Å². The minimum absolute atomic E-state index is 0.143. The van der Waals surface area contributed by atoms with Gasteiger partial charge in [0, 0.05) is 29.7 Å². The van der Waals surface area contributed by atoms with Crippen molar-refractivity contribution < 1.29 is 0 Å². The number of para-hydroxylation sites is 2. The molecule has 3 aromatic rings. The van der Waals surface area contributed by atoms with E-state index in [0.29, 0.717) is 11.8 Å². The Hall–Kier alpha value is -3.14. The number of rotatable bonds is 3. The standard InChI is InChI=1S/C23H22N4/c1-3-9-18-16(2)23-26(17-10-5-4-6-11-17)21-22(25-15-14-24-21)27(23)20-13-8-7-12-19(18)20/h3-8,10-16,18,23H,1,9H2,2H3. The summed E-state index contributed by atoms with van der Waals surface area (Å²) < 4.78 is 0. The molecule has 2 aliphatic heterocycles. The van der Waals surface area contributed by atoms with Gasteiger partial charge < -0.3 is 9.80 Å². The third kappa shape index (κ3) is 2.29. The predicted molar refractivity (Wildman–Crippen MR) is 110 cm³/mol. The van der Waals surface area contributed by atoms with Gasteiger partial charge in [0.15, 0.2) is 11.6 Å². The first kappa shape index (κ1) is 16.1. The van der Waals surface area contributed by atoms with E-state index in [1.54, 1.807) is 12.4 Å². The Balaban J connectivity index is 1.76. The van der Waals surface area contributed by atoms with Crippen molar-refractivity contribution in [2.24, 2.45) is 5.92 Å². The number of hydrogen-bond donors (Lipinski definition) is 0. The van der Waals surface area contributed by atoms with E-state index in [4.69, 9.17) is 9.97 Å². The Kier molecular flexibility index (Phi) is 3.71. The molecule has 0 bridgehead atoms. The van der Waals surface area contributed by atoms with Gasteiger partial charge in [0.05, 0.1) is 0 Å². The van der Waals surface area contributed by atoms with Crippen LogP contribution in [0.15, 0.2) is 79.6 Å². The Morgan fingerprint density at radius 3 is 2.33 bits per heavy atom. The Labute approximate surface area is 159 Å². The van der Waals surface area contributed by atoms with Gasteiger partial charge in [-0.1, -0.05) is 49.4 Å². The van der Waals surface area contributed by atoms with Gasteiger partial charge in [0.25, 0.3) is 0 Å². The molecule has 3 heterocycles.